The van der Waals surface area contributed by atoms with Crippen LogP contribution < -0.4 is 5.73 Å². The first kappa shape index (κ1) is 10.4. The zero-order valence-corrected chi connectivity index (χ0v) is 9.53. The highest BCUT2D eigenvalue weighted by Crippen LogP contribution is 2.27. The molecular formula is C9H10BrN3O2. The number of furan rings is 1. The Bertz CT molecular complexity index is 438. The van der Waals surface area contributed by atoms with Gasteiger partial charge in [0.25, 0.3) is 5.89 Å². The first-order chi connectivity index (χ1) is 7.31. The van der Waals surface area contributed by atoms with Crippen LogP contribution in [0.5, 0.6) is 0 Å². The molecule has 2 heterocycles. The van der Waals surface area contributed by atoms with Crippen LogP contribution in [0.15, 0.2) is 25.8 Å². The fourth-order valence-electron chi connectivity index (χ4n) is 1.16. The van der Waals surface area contributed by atoms with Crippen LogP contribution in [-0.4, -0.2) is 16.7 Å². The first-order valence-corrected chi connectivity index (χ1v) is 5.36. The van der Waals surface area contributed by atoms with E-state index in [0.29, 0.717) is 29.4 Å². The van der Waals surface area contributed by atoms with E-state index in [0.717, 1.165) is 12.0 Å². The van der Waals surface area contributed by atoms with Crippen molar-refractivity contribution >= 4 is 15.9 Å². The molecule has 0 saturated heterocycles. The van der Waals surface area contributed by atoms with Crippen LogP contribution in [0.2, 0.25) is 0 Å². The molecule has 0 saturated carbocycles. The molecule has 2 N–H and O–H groups in total. The number of hydrogen-bond acceptors (Lipinski definition) is 5. The predicted octanol–water partition coefficient (Wildman–Crippen LogP) is 1.98. The predicted molar refractivity (Wildman–Crippen MR) is 57.1 cm³/mol. The number of nitrogens with two attached hydrogens (primary N) is 1. The average Bonchev–Trinajstić information content (AvgIpc) is 2.83. The summed E-state index contributed by atoms with van der Waals surface area (Å²) in [4.78, 5) is 0. The zero-order valence-electron chi connectivity index (χ0n) is 7.94. The molecule has 0 bridgehead atoms. The fourth-order valence-corrected chi connectivity index (χ4v) is 1.57. The molecule has 6 heteroatoms. The lowest BCUT2D eigenvalue weighted by Crippen LogP contribution is -2.00. The van der Waals surface area contributed by atoms with E-state index in [4.69, 9.17) is 14.6 Å². The largest absolute Gasteiger partial charge is 0.457 e. The maximum Gasteiger partial charge on any atom is 0.252 e. The van der Waals surface area contributed by atoms with Crippen molar-refractivity contribution < 1.29 is 8.83 Å². The molecule has 2 rings (SSSR count). The summed E-state index contributed by atoms with van der Waals surface area (Å²) in [7, 11) is 0. The Labute approximate surface area is 94.8 Å². The third-order valence-corrected chi connectivity index (χ3v) is 2.52. The zero-order chi connectivity index (χ0) is 10.7. The molecule has 0 aliphatic heterocycles. The summed E-state index contributed by atoms with van der Waals surface area (Å²) < 4.78 is 11.1. The van der Waals surface area contributed by atoms with Crippen molar-refractivity contribution in [2.45, 2.75) is 12.8 Å². The Morgan fingerprint density at radius 3 is 2.93 bits per heavy atom. The summed E-state index contributed by atoms with van der Waals surface area (Å²) in [6.07, 6.45) is 3.11. The summed E-state index contributed by atoms with van der Waals surface area (Å²) >= 11 is 3.25. The van der Waals surface area contributed by atoms with Crippen molar-refractivity contribution in [3.8, 4) is 11.5 Å². The number of aromatic nitrogens is 2. The molecule has 0 amide bonds. The van der Waals surface area contributed by atoms with Crippen LogP contribution in [0, 0.1) is 0 Å². The van der Waals surface area contributed by atoms with Crippen molar-refractivity contribution in [2.75, 3.05) is 6.54 Å². The normalized spacial score (nSPS) is 10.8. The topological polar surface area (TPSA) is 78.1 Å². The lowest BCUT2D eigenvalue weighted by molar-refractivity contribution is 0.495. The lowest BCUT2D eigenvalue weighted by atomic mass is 10.3. The van der Waals surface area contributed by atoms with Crippen LogP contribution in [0.3, 0.4) is 0 Å². The highest BCUT2D eigenvalue weighted by atomic mass is 79.9. The maximum atomic E-state index is 5.44. The van der Waals surface area contributed by atoms with Crippen LogP contribution in [0.1, 0.15) is 12.3 Å². The highest BCUT2D eigenvalue weighted by molar-refractivity contribution is 9.10. The molecule has 0 atom stereocenters. The Hall–Kier alpha value is -1.14. The second kappa shape index (κ2) is 4.59. The quantitative estimate of drug-likeness (QED) is 0.920. The van der Waals surface area contributed by atoms with Crippen LogP contribution in [0.4, 0.5) is 0 Å². The van der Waals surface area contributed by atoms with Gasteiger partial charge < -0.3 is 14.6 Å². The molecule has 0 aliphatic carbocycles. The van der Waals surface area contributed by atoms with E-state index in [1.165, 1.54) is 0 Å². The van der Waals surface area contributed by atoms with E-state index in [-0.39, 0.29) is 0 Å². The minimum atomic E-state index is 0.461. The van der Waals surface area contributed by atoms with E-state index in [9.17, 15) is 0 Å². The Morgan fingerprint density at radius 1 is 1.40 bits per heavy atom. The van der Waals surface area contributed by atoms with Gasteiger partial charge in [0.1, 0.15) is 0 Å². The van der Waals surface area contributed by atoms with Crippen molar-refractivity contribution in [1.29, 1.82) is 0 Å². The van der Waals surface area contributed by atoms with Gasteiger partial charge in [-0.3, -0.25) is 0 Å². The number of nitrogens with zero attached hydrogens (tertiary/aromatic N) is 2. The monoisotopic (exact) mass is 271 g/mol. The first-order valence-electron chi connectivity index (χ1n) is 4.57. The van der Waals surface area contributed by atoms with E-state index >= 15 is 0 Å². The van der Waals surface area contributed by atoms with Crippen molar-refractivity contribution in [2.24, 2.45) is 5.73 Å². The Kier molecular flexibility index (Phi) is 3.17. The van der Waals surface area contributed by atoms with Gasteiger partial charge in [0.15, 0.2) is 4.67 Å². The number of halogens is 1. The second-order valence-corrected chi connectivity index (χ2v) is 3.72. The van der Waals surface area contributed by atoms with Gasteiger partial charge in [-0.25, -0.2) is 0 Å². The van der Waals surface area contributed by atoms with Gasteiger partial charge in [0.05, 0.1) is 11.8 Å². The number of aryl methyl sites for hydroxylation is 1. The highest BCUT2D eigenvalue weighted by Gasteiger charge is 2.13. The van der Waals surface area contributed by atoms with Gasteiger partial charge in [-0.1, -0.05) is 0 Å². The number of rotatable bonds is 4. The minimum Gasteiger partial charge on any atom is -0.457 e. The average molecular weight is 272 g/mol. The van der Waals surface area contributed by atoms with Gasteiger partial charge in [-0.2, -0.15) is 0 Å². The maximum absolute atomic E-state index is 5.44. The third kappa shape index (κ3) is 2.27. The lowest BCUT2D eigenvalue weighted by Gasteiger charge is -1.90. The molecule has 80 valence electrons. The second-order valence-electron chi connectivity index (χ2n) is 3.00. The van der Waals surface area contributed by atoms with Gasteiger partial charge in [0, 0.05) is 6.42 Å². The van der Waals surface area contributed by atoms with E-state index in [2.05, 4.69) is 26.1 Å². The molecule has 2 aromatic heterocycles. The summed E-state index contributed by atoms with van der Waals surface area (Å²) in [5, 5.41) is 7.84. The smallest absolute Gasteiger partial charge is 0.252 e. The van der Waals surface area contributed by atoms with Crippen molar-refractivity contribution in [1.82, 2.24) is 10.2 Å². The van der Waals surface area contributed by atoms with Gasteiger partial charge in [0.2, 0.25) is 5.89 Å². The fraction of sp³-hybridized carbons (Fsp3) is 0.333. The SMILES string of the molecule is NCCCc1nnc(-c2ccoc2Br)o1. The number of hydrogen-bond donors (Lipinski definition) is 1. The summed E-state index contributed by atoms with van der Waals surface area (Å²) in [6.45, 7) is 0.618. The minimum absolute atomic E-state index is 0.461. The van der Waals surface area contributed by atoms with E-state index in [1.54, 1.807) is 12.3 Å². The Balaban J connectivity index is 2.17. The molecule has 5 nitrogen and oxygen atoms in total. The molecule has 15 heavy (non-hydrogen) atoms. The van der Waals surface area contributed by atoms with Crippen LogP contribution in [-0.2, 0) is 6.42 Å². The molecule has 0 radical (unpaired) electrons. The van der Waals surface area contributed by atoms with Gasteiger partial charge in [-0.15, -0.1) is 10.2 Å². The van der Waals surface area contributed by atoms with E-state index < -0.39 is 0 Å². The standard InChI is InChI=1S/C9H10BrN3O2/c10-8-6(3-5-14-8)9-13-12-7(15-9)2-1-4-11/h3,5H,1-2,4,11H2. The molecule has 0 aromatic carbocycles. The summed E-state index contributed by atoms with van der Waals surface area (Å²) in [5.74, 6) is 1.06. The van der Waals surface area contributed by atoms with Gasteiger partial charge in [-0.05, 0) is 35.0 Å². The van der Waals surface area contributed by atoms with Crippen LogP contribution in [0.25, 0.3) is 11.5 Å². The van der Waals surface area contributed by atoms with Crippen molar-refractivity contribution in [3.05, 3.63) is 22.9 Å². The molecule has 2 aromatic rings. The third-order valence-electron chi connectivity index (χ3n) is 1.91. The molecule has 0 aliphatic rings. The van der Waals surface area contributed by atoms with Gasteiger partial charge >= 0.3 is 0 Å². The summed E-state index contributed by atoms with van der Waals surface area (Å²) in [6, 6.07) is 1.77. The van der Waals surface area contributed by atoms with Crippen LogP contribution >= 0.6 is 15.9 Å². The Morgan fingerprint density at radius 2 is 2.27 bits per heavy atom. The van der Waals surface area contributed by atoms with E-state index in [1.807, 2.05) is 0 Å². The van der Waals surface area contributed by atoms with Crippen molar-refractivity contribution in [3.63, 3.8) is 0 Å². The molecule has 0 unspecified atom stereocenters. The summed E-state index contributed by atoms with van der Waals surface area (Å²) in [5.41, 5.74) is 6.15. The molecule has 0 fully saturated rings. The molecule has 0 spiro atoms. The molecular weight excluding hydrogens is 262 g/mol.